The average molecular weight is 357 g/mol. The number of rotatable bonds is 3. The average Bonchev–Trinajstić information content (AvgIpc) is 2.60. The number of nitrogens with zero attached hydrogens (tertiary/aromatic N) is 2. The molecule has 2 aromatic rings. The fourth-order valence-corrected chi connectivity index (χ4v) is 3.26. The zero-order valence-corrected chi connectivity index (χ0v) is 15.2. The van der Waals surface area contributed by atoms with Gasteiger partial charge in [0, 0.05) is 23.8 Å². The van der Waals surface area contributed by atoms with Gasteiger partial charge in [-0.3, -0.25) is 9.59 Å². The van der Waals surface area contributed by atoms with Crippen LogP contribution < -0.4 is 4.90 Å². The molecule has 0 aliphatic carbocycles. The number of anilines is 1. The van der Waals surface area contributed by atoms with Gasteiger partial charge in [0.1, 0.15) is 6.04 Å². The number of carbonyl (C=O) groups is 2. The van der Waals surface area contributed by atoms with Gasteiger partial charge in [0.15, 0.2) is 0 Å². The predicted molar refractivity (Wildman–Crippen MR) is 99.9 cm³/mol. The Hall–Kier alpha value is -2.33. The maximum atomic E-state index is 12.8. The molecule has 3 rings (SSSR count). The number of hydrogen-bond donors (Lipinski definition) is 0. The highest BCUT2D eigenvalue weighted by molar-refractivity contribution is 6.31. The van der Waals surface area contributed by atoms with E-state index < -0.39 is 6.04 Å². The number of hydrogen-bond acceptors (Lipinski definition) is 2. The van der Waals surface area contributed by atoms with Gasteiger partial charge in [-0.2, -0.15) is 0 Å². The van der Waals surface area contributed by atoms with E-state index in [9.17, 15) is 9.59 Å². The van der Waals surface area contributed by atoms with Gasteiger partial charge in [-0.15, -0.1) is 0 Å². The van der Waals surface area contributed by atoms with Crippen LogP contribution in [0.1, 0.15) is 18.1 Å². The minimum Gasteiger partial charge on any atom is -0.329 e. The molecule has 25 heavy (non-hydrogen) atoms. The number of halogens is 1. The second-order valence-electron chi connectivity index (χ2n) is 6.35. The summed E-state index contributed by atoms with van der Waals surface area (Å²) >= 11 is 6.18. The molecule has 2 amide bonds. The van der Waals surface area contributed by atoms with Crippen molar-refractivity contribution in [1.82, 2.24) is 4.90 Å². The number of aryl methyl sites for hydroxylation is 1. The molecule has 0 radical (unpaired) electrons. The number of amides is 2. The van der Waals surface area contributed by atoms with Crippen molar-refractivity contribution in [1.29, 1.82) is 0 Å². The summed E-state index contributed by atoms with van der Waals surface area (Å²) < 4.78 is 0. The molecule has 1 saturated heterocycles. The first kappa shape index (κ1) is 17.5. The third-order valence-corrected chi connectivity index (χ3v) is 5.05. The lowest BCUT2D eigenvalue weighted by atomic mass is 10.1. The molecule has 1 aliphatic rings. The molecule has 0 bridgehead atoms. The summed E-state index contributed by atoms with van der Waals surface area (Å²) in [6.45, 7) is 4.71. The van der Waals surface area contributed by atoms with Crippen LogP contribution in [0.4, 0.5) is 5.69 Å². The Balaban J connectivity index is 1.72. The quantitative estimate of drug-likeness (QED) is 0.845. The number of piperazine rings is 1. The van der Waals surface area contributed by atoms with Gasteiger partial charge in [0.2, 0.25) is 11.8 Å². The Morgan fingerprint density at radius 1 is 1.16 bits per heavy atom. The molecule has 1 atom stereocenters. The van der Waals surface area contributed by atoms with Crippen molar-refractivity contribution in [2.45, 2.75) is 26.3 Å². The summed E-state index contributed by atoms with van der Waals surface area (Å²) in [5.74, 6) is -0.0961. The van der Waals surface area contributed by atoms with Crippen LogP contribution in [0.15, 0.2) is 48.5 Å². The van der Waals surface area contributed by atoms with Crippen molar-refractivity contribution in [2.24, 2.45) is 0 Å². The number of benzene rings is 2. The van der Waals surface area contributed by atoms with Crippen LogP contribution in [-0.4, -0.2) is 35.8 Å². The highest BCUT2D eigenvalue weighted by Crippen LogP contribution is 2.26. The summed E-state index contributed by atoms with van der Waals surface area (Å²) in [6, 6.07) is 14.7. The van der Waals surface area contributed by atoms with Crippen LogP contribution >= 0.6 is 11.6 Å². The smallest absolute Gasteiger partial charge is 0.249 e. The van der Waals surface area contributed by atoms with Crippen LogP contribution in [-0.2, 0) is 16.0 Å². The summed E-state index contributed by atoms with van der Waals surface area (Å²) in [4.78, 5) is 28.8. The maximum Gasteiger partial charge on any atom is 0.249 e. The zero-order valence-electron chi connectivity index (χ0n) is 14.4. The van der Waals surface area contributed by atoms with E-state index in [1.807, 2.05) is 55.5 Å². The Bertz CT molecular complexity index is 792. The van der Waals surface area contributed by atoms with Crippen LogP contribution in [0.5, 0.6) is 0 Å². The van der Waals surface area contributed by atoms with Crippen LogP contribution in [0.2, 0.25) is 5.02 Å². The topological polar surface area (TPSA) is 40.6 Å². The zero-order chi connectivity index (χ0) is 18.0. The Labute approximate surface area is 153 Å². The molecule has 5 heteroatoms. The molecule has 4 nitrogen and oxygen atoms in total. The molecule has 1 aliphatic heterocycles. The molecule has 0 N–H and O–H groups in total. The van der Waals surface area contributed by atoms with Crippen molar-refractivity contribution in [3.8, 4) is 0 Å². The summed E-state index contributed by atoms with van der Waals surface area (Å²) in [7, 11) is 0. The van der Waals surface area contributed by atoms with Gasteiger partial charge in [-0.05, 0) is 37.1 Å². The summed E-state index contributed by atoms with van der Waals surface area (Å²) in [5.41, 5.74) is 2.71. The first-order chi connectivity index (χ1) is 12.0. The van der Waals surface area contributed by atoms with E-state index in [1.165, 1.54) is 0 Å². The fraction of sp³-hybridized carbons (Fsp3) is 0.300. The Kier molecular flexibility index (Phi) is 5.09. The normalized spacial score (nSPS) is 17.7. The van der Waals surface area contributed by atoms with Gasteiger partial charge >= 0.3 is 0 Å². The lowest BCUT2D eigenvalue weighted by Gasteiger charge is -2.39. The minimum atomic E-state index is -0.481. The largest absolute Gasteiger partial charge is 0.329 e. The molecular weight excluding hydrogens is 336 g/mol. The van der Waals surface area contributed by atoms with Crippen molar-refractivity contribution < 1.29 is 9.59 Å². The Morgan fingerprint density at radius 2 is 1.88 bits per heavy atom. The molecule has 0 aromatic heterocycles. The number of carbonyl (C=O) groups excluding carboxylic acids is 2. The van der Waals surface area contributed by atoms with E-state index in [2.05, 4.69) is 0 Å². The third-order valence-electron chi connectivity index (χ3n) is 4.64. The van der Waals surface area contributed by atoms with Crippen molar-refractivity contribution in [3.05, 3.63) is 64.7 Å². The molecule has 1 fully saturated rings. The second kappa shape index (κ2) is 7.28. The molecule has 1 heterocycles. The van der Waals surface area contributed by atoms with Crippen LogP contribution in [0.3, 0.4) is 0 Å². The molecule has 0 spiro atoms. The first-order valence-corrected chi connectivity index (χ1v) is 8.76. The second-order valence-corrected chi connectivity index (χ2v) is 6.76. The van der Waals surface area contributed by atoms with E-state index >= 15 is 0 Å². The van der Waals surface area contributed by atoms with E-state index in [0.717, 1.165) is 16.8 Å². The lowest BCUT2D eigenvalue weighted by Crippen LogP contribution is -2.58. The highest BCUT2D eigenvalue weighted by atomic mass is 35.5. The maximum absolute atomic E-state index is 12.8. The van der Waals surface area contributed by atoms with E-state index in [-0.39, 0.29) is 11.8 Å². The minimum absolute atomic E-state index is 0.0198. The SMILES string of the molecule is Cc1ccc(N2CCN(C(=O)Cc3ccccc3)C(C)C2=O)cc1Cl. The van der Waals surface area contributed by atoms with E-state index in [4.69, 9.17) is 11.6 Å². The Morgan fingerprint density at radius 3 is 2.56 bits per heavy atom. The molecular formula is C20H21ClN2O2. The molecule has 130 valence electrons. The van der Waals surface area contributed by atoms with Gasteiger partial charge in [0.25, 0.3) is 0 Å². The van der Waals surface area contributed by atoms with Gasteiger partial charge < -0.3 is 9.80 Å². The van der Waals surface area contributed by atoms with Crippen LogP contribution in [0.25, 0.3) is 0 Å². The molecule has 1 unspecified atom stereocenters. The summed E-state index contributed by atoms with van der Waals surface area (Å²) in [6.07, 6.45) is 0.314. The van der Waals surface area contributed by atoms with E-state index in [1.54, 1.807) is 16.7 Å². The summed E-state index contributed by atoms with van der Waals surface area (Å²) in [5, 5.41) is 0.639. The monoisotopic (exact) mass is 356 g/mol. The third kappa shape index (κ3) is 3.69. The highest BCUT2D eigenvalue weighted by Gasteiger charge is 2.34. The molecule has 2 aromatic carbocycles. The van der Waals surface area contributed by atoms with E-state index in [0.29, 0.717) is 24.5 Å². The molecule has 0 saturated carbocycles. The van der Waals surface area contributed by atoms with Gasteiger partial charge in [0.05, 0.1) is 6.42 Å². The van der Waals surface area contributed by atoms with Crippen molar-refractivity contribution in [2.75, 3.05) is 18.0 Å². The fourth-order valence-electron chi connectivity index (χ4n) is 3.09. The standard InChI is InChI=1S/C20H21ClN2O2/c1-14-8-9-17(13-18(14)21)23-11-10-22(15(2)20(23)25)19(24)12-16-6-4-3-5-7-16/h3-9,13,15H,10-12H2,1-2H3. The van der Waals surface area contributed by atoms with Crippen molar-refractivity contribution in [3.63, 3.8) is 0 Å². The van der Waals surface area contributed by atoms with Gasteiger partial charge in [-0.25, -0.2) is 0 Å². The van der Waals surface area contributed by atoms with Crippen LogP contribution in [0, 0.1) is 6.92 Å². The predicted octanol–water partition coefficient (Wildman–Crippen LogP) is 3.45. The van der Waals surface area contributed by atoms with Crippen molar-refractivity contribution >= 4 is 29.1 Å². The first-order valence-electron chi connectivity index (χ1n) is 8.38. The van der Waals surface area contributed by atoms with Gasteiger partial charge in [-0.1, -0.05) is 48.0 Å². The lowest BCUT2D eigenvalue weighted by molar-refractivity contribution is -0.140.